The Morgan fingerprint density at radius 3 is 2.81 bits per heavy atom. The van der Waals surface area contributed by atoms with Gasteiger partial charge in [0.15, 0.2) is 0 Å². The maximum Gasteiger partial charge on any atom is 0.270 e. The van der Waals surface area contributed by atoms with Crippen LogP contribution in [0, 0.1) is 0 Å². The number of aromatic nitrogens is 1. The van der Waals surface area contributed by atoms with E-state index in [4.69, 9.17) is 10.5 Å². The molecule has 3 N–H and O–H groups in total. The zero-order chi connectivity index (χ0) is 15.1. The first-order valence-electron chi connectivity index (χ1n) is 6.91. The summed E-state index contributed by atoms with van der Waals surface area (Å²) in [5.41, 5.74) is 6.76. The van der Waals surface area contributed by atoms with Gasteiger partial charge >= 0.3 is 0 Å². The average molecular weight is 305 g/mol. The molecule has 0 aliphatic carbocycles. The van der Waals surface area contributed by atoms with E-state index in [1.54, 1.807) is 5.38 Å². The van der Waals surface area contributed by atoms with E-state index in [2.05, 4.69) is 17.2 Å². The molecule has 0 fully saturated rings. The molecule has 1 aromatic heterocycles. The molecule has 0 aliphatic rings. The minimum atomic E-state index is -0.189. The van der Waals surface area contributed by atoms with Gasteiger partial charge in [0.05, 0.1) is 6.61 Å². The van der Waals surface area contributed by atoms with Crippen LogP contribution in [0.4, 0.5) is 0 Å². The van der Waals surface area contributed by atoms with E-state index in [0.717, 1.165) is 22.7 Å². The van der Waals surface area contributed by atoms with Crippen molar-refractivity contribution in [1.82, 2.24) is 10.3 Å². The zero-order valence-corrected chi connectivity index (χ0v) is 12.8. The van der Waals surface area contributed by atoms with Gasteiger partial charge in [0, 0.05) is 24.0 Å². The highest BCUT2D eigenvalue weighted by Gasteiger charge is 2.11. The first-order valence-corrected chi connectivity index (χ1v) is 7.79. The van der Waals surface area contributed by atoms with Crippen LogP contribution in [0.15, 0.2) is 29.6 Å². The van der Waals surface area contributed by atoms with Gasteiger partial charge in [-0.3, -0.25) is 4.79 Å². The van der Waals surface area contributed by atoms with Crippen molar-refractivity contribution in [2.24, 2.45) is 5.73 Å². The van der Waals surface area contributed by atoms with Crippen molar-refractivity contribution in [1.29, 1.82) is 0 Å². The number of carbonyl (C=O) groups excluding carboxylic acids is 1. The number of nitrogens with zero attached hydrogens (tertiary/aromatic N) is 1. The van der Waals surface area contributed by atoms with E-state index in [9.17, 15) is 4.79 Å². The third-order valence-corrected chi connectivity index (χ3v) is 3.63. The zero-order valence-electron chi connectivity index (χ0n) is 12.0. The van der Waals surface area contributed by atoms with E-state index in [1.807, 2.05) is 24.3 Å². The lowest BCUT2D eigenvalue weighted by molar-refractivity contribution is 0.0950. The Hall–Kier alpha value is -1.92. The number of hydrogen-bond acceptors (Lipinski definition) is 5. The Morgan fingerprint density at radius 2 is 2.14 bits per heavy atom. The number of hydrogen-bond donors (Lipinski definition) is 2. The molecule has 0 spiro atoms. The van der Waals surface area contributed by atoms with Crippen LogP contribution in [0.1, 0.15) is 23.8 Å². The Balaban J connectivity index is 2.05. The van der Waals surface area contributed by atoms with Crippen molar-refractivity contribution >= 4 is 17.2 Å². The molecule has 112 valence electrons. The van der Waals surface area contributed by atoms with Gasteiger partial charge in [-0.2, -0.15) is 0 Å². The minimum absolute atomic E-state index is 0.189. The summed E-state index contributed by atoms with van der Waals surface area (Å²) in [5, 5.41) is 5.27. The molecule has 1 amide bonds. The van der Waals surface area contributed by atoms with E-state index >= 15 is 0 Å². The molecule has 5 nitrogen and oxygen atoms in total. The van der Waals surface area contributed by atoms with Crippen LogP contribution in [0.2, 0.25) is 0 Å². The summed E-state index contributed by atoms with van der Waals surface area (Å²) in [4.78, 5) is 16.1. The van der Waals surface area contributed by atoms with Gasteiger partial charge in [-0.1, -0.05) is 6.92 Å². The second-order valence-corrected chi connectivity index (χ2v) is 5.31. The number of carbonyl (C=O) groups is 1. The van der Waals surface area contributed by atoms with E-state index in [-0.39, 0.29) is 5.91 Å². The van der Waals surface area contributed by atoms with Crippen molar-refractivity contribution in [2.75, 3.05) is 19.7 Å². The van der Waals surface area contributed by atoms with Crippen molar-refractivity contribution in [2.45, 2.75) is 13.3 Å². The van der Waals surface area contributed by atoms with Crippen LogP contribution in [0.3, 0.4) is 0 Å². The third-order valence-electron chi connectivity index (χ3n) is 2.74. The highest BCUT2D eigenvalue weighted by Crippen LogP contribution is 2.25. The van der Waals surface area contributed by atoms with Crippen molar-refractivity contribution < 1.29 is 9.53 Å². The summed E-state index contributed by atoms with van der Waals surface area (Å²) in [5.74, 6) is 0.656. The van der Waals surface area contributed by atoms with Gasteiger partial charge in [-0.15, -0.1) is 11.3 Å². The van der Waals surface area contributed by atoms with E-state index < -0.39 is 0 Å². The molecule has 0 bridgehead atoms. The molecule has 21 heavy (non-hydrogen) atoms. The molecule has 2 rings (SSSR count). The van der Waals surface area contributed by atoms with Crippen LogP contribution >= 0.6 is 11.3 Å². The maximum absolute atomic E-state index is 11.8. The summed E-state index contributed by atoms with van der Waals surface area (Å²) >= 11 is 1.44. The lowest BCUT2D eigenvalue weighted by atomic mass is 10.2. The second kappa shape index (κ2) is 7.75. The summed E-state index contributed by atoms with van der Waals surface area (Å²) in [6, 6.07) is 7.73. The smallest absolute Gasteiger partial charge is 0.270 e. The number of thiazole rings is 1. The molecule has 1 aromatic carbocycles. The van der Waals surface area contributed by atoms with Gasteiger partial charge in [0.25, 0.3) is 5.91 Å². The molecule has 0 saturated heterocycles. The topological polar surface area (TPSA) is 77.2 Å². The van der Waals surface area contributed by atoms with Crippen molar-refractivity contribution in [3.8, 4) is 16.3 Å². The van der Waals surface area contributed by atoms with Crippen LogP contribution in [0.25, 0.3) is 10.6 Å². The lowest BCUT2D eigenvalue weighted by Crippen LogP contribution is -2.29. The second-order valence-electron chi connectivity index (χ2n) is 4.46. The predicted molar refractivity (Wildman–Crippen MR) is 84.7 cm³/mol. The molecule has 6 heteroatoms. The van der Waals surface area contributed by atoms with Gasteiger partial charge in [0.1, 0.15) is 16.5 Å². The molecule has 0 atom stereocenters. The van der Waals surface area contributed by atoms with Crippen LogP contribution < -0.4 is 15.8 Å². The average Bonchev–Trinajstić information content (AvgIpc) is 3.01. The maximum atomic E-state index is 11.8. The fourth-order valence-corrected chi connectivity index (χ4v) is 2.51. The fourth-order valence-electron chi connectivity index (χ4n) is 1.70. The number of rotatable bonds is 7. The number of ether oxygens (including phenoxy) is 1. The Morgan fingerprint density at radius 1 is 1.38 bits per heavy atom. The minimum Gasteiger partial charge on any atom is -0.494 e. The van der Waals surface area contributed by atoms with Crippen LogP contribution in [-0.2, 0) is 0 Å². The van der Waals surface area contributed by atoms with Gasteiger partial charge in [-0.25, -0.2) is 4.98 Å². The standard InChI is InChI=1S/C15H19N3O2S/c1-2-9-20-12-5-3-11(4-6-12)15-18-13(10-21-15)14(19)17-8-7-16/h3-6,10H,2,7-9,16H2,1H3,(H,17,19). The molecule has 0 radical (unpaired) electrons. The highest BCUT2D eigenvalue weighted by molar-refractivity contribution is 7.13. The number of benzene rings is 1. The molecule has 0 saturated carbocycles. The number of amides is 1. The molecular formula is C15H19N3O2S. The van der Waals surface area contributed by atoms with Crippen LogP contribution in [0.5, 0.6) is 5.75 Å². The molecule has 0 unspecified atom stereocenters. The SMILES string of the molecule is CCCOc1ccc(-c2nc(C(=O)NCCN)cs2)cc1. The van der Waals surface area contributed by atoms with Crippen molar-refractivity contribution in [3.05, 3.63) is 35.3 Å². The summed E-state index contributed by atoms with van der Waals surface area (Å²) in [6.45, 7) is 3.65. The number of nitrogens with two attached hydrogens (primary N) is 1. The Kier molecular flexibility index (Phi) is 5.71. The Labute approximate surface area is 128 Å². The monoisotopic (exact) mass is 305 g/mol. The quantitative estimate of drug-likeness (QED) is 0.823. The molecule has 0 aliphatic heterocycles. The molecular weight excluding hydrogens is 286 g/mol. The molecule has 1 heterocycles. The van der Waals surface area contributed by atoms with Crippen molar-refractivity contribution in [3.63, 3.8) is 0 Å². The van der Waals surface area contributed by atoms with Gasteiger partial charge < -0.3 is 15.8 Å². The fraction of sp³-hybridized carbons (Fsp3) is 0.333. The third kappa shape index (κ3) is 4.27. The first kappa shape index (κ1) is 15.5. The van der Waals surface area contributed by atoms with E-state index in [0.29, 0.717) is 25.4 Å². The largest absolute Gasteiger partial charge is 0.494 e. The Bertz CT molecular complexity index is 581. The lowest BCUT2D eigenvalue weighted by Gasteiger charge is -2.04. The first-order chi connectivity index (χ1) is 10.2. The normalized spacial score (nSPS) is 10.4. The summed E-state index contributed by atoms with van der Waals surface area (Å²) < 4.78 is 5.54. The van der Waals surface area contributed by atoms with Crippen LogP contribution in [-0.4, -0.2) is 30.6 Å². The summed E-state index contributed by atoms with van der Waals surface area (Å²) in [6.07, 6.45) is 0.982. The van der Waals surface area contributed by atoms with Gasteiger partial charge in [0.2, 0.25) is 0 Å². The summed E-state index contributed by atoms with van der Waals surface area (Å²) in [7, 11) is 0. The number of nitrogens with one attached hydrogen (secondary N) is 1. The highest BCUT2D eigenvalue weighted by atomic mass is 32.1. The van der Waals surface area contributed by atoms with E-state index in [1.165, 1.54) is 11.3 Å². The molecule has 2 aromatic rings. The van der Waals surface area contributed by atoms with Gasteiger partial charge in [-0.05, 0) is 30.7 Å². The predicted octanol–water partition coefficient (Wildman–Crippen LogP) is 2.29.